The van der Waals surface area contributed by atoms with Gasteiger partial charge in [-0.25, -0.2) is 13.6 Å². The monoisotopic (exact) mass is 311 g/mol. The van der Waals surface area contributed by atoms with Crippen LogP contribution in [0, 0.1) is 17.0 Å². The molecule has 0 aliphatic carbocycles. The molecule has 0 radical (unpaired) electrons. The number of aromatic nitrogens is 3. The van der Waals surface area contributed by atoms with Gasteiger partial charge in [-0.05, 0) is 25.5 Å². The molecule has 9 nitrogen and oxygen atoms in total. The molecular weight excluding hydrogens is 298 g/mol. The van der Waals surface area contributed by atoms with E-state index in [2.05, 4.69) is 10.2 Å². The third-order valence-electron chi connectivity index (χ3n) is 2.88. The quantitative estimate of drug-likeness (QED) is 0.656. The fourth-order valence-corrected chi connectivity index (χ4v) is 2.65. The lowest BCUT2D eigenvalue weighted by molar-refractivity contribution is -0.384. The number of nitrogens with zero attached hydrogens (tertiary/aromatic N) is 4. The van der Waals surface area contributed by atoms with Gasteiger partial charge in [0.25, 0.3) is 20.9 Å². The number of rotatable bonds is 4. The van der Waals surface area contributed by atoms with Gasteiger partial charge in [-0.2, -0.15) is 0 Å². The Bertz CT molecular complexity index is 812. The third-order valence-corrected chi connectivity index (χ3v) is 3.69. The van der Waals surface area contributed by atoms with Crippen LogP contribution in [0.25, 0.3) is 11.4 Å². The van der Waals surface area contributed by atoms with Crippen molar-refractivity contribution in [3.63, 3.8) is 0 Å². The predicted molar refractivity (Wildman–Crippen MR) is 73.9 cm³/mol. The van der Waals surface area contributed by atoms with Crippen LogP contribution in [0.1, 0.15) is 12.5 Å². The average Bonchev–Trinajstić information content (AvgIpc) is 2.81. The average molecular weight is 311 g/mol. The Kier molecular flexibility index (Phi) is 3.75. The Balaban J connectivity index is 2.77. The second-order valence-corrected chi connectivity index (χ2v) is 5.83. The van der Waals surface area contributed by atoms with E-state index in [-0.39, 0.29) is 23.6 Å². The number of nitro benzene ring substituents is 1. The molecule has 0 bridgehead atoms. The maximum atomic E-state index is 11.5. The smallest absolute Gasteiger partial charge is 0.280 e. The van der Waals surface area contributed by atoms with Crippen molar-refractivity contribution in [2.75, 3.05) is 0 Å². The molecule has 1 aromatic heterocycles. The molecule has 0 saturated carbocycles. The molecule has 21 heavy (non-hydrogen) atoms. The van der Waals surface area contributed by atoms with Crippen LogP contribution < -0.4 is 5.14 Å². The van der Waals surface area contributed by atoms with E-state index in [9.17, 15) is 18.5 Å². The number of sulfonamides is 1. The molecule has 0 spiro atoms. The summed E-state index contributed by atoms with van der Waals surface area (Å²) in [6, 6.07) is 4.49. The number of hydrogen-bond donors (Lipinski definition) is 1. The van der Waals surface area contributed by atoms with Gasteiger partial charge in [0.1, 0.15) is 0 Å². The van der Waals surface area contributed by atoms with E-state index >= 15 is 0 Å². The number of benzene rings is 1. The summed E-state index contributed by atoms with van der Waals surface area (Å²) in [5.74, 6) is 0.0944. The van der Waals surface area contributed by atoms with Gasteiger partial charge in [-0.15, -0.1) is 10.2 Å². The lowest BCUT2D eigenvalue weighted by Crippen LogP contribution is -2.18. The van der Waals surface area contributed by atoms with Crippen molar-refractivity contribution in [3.05, 3.63) is 33.9 Å². The van der Waals surface area contributed by atoms with Crippen molar-refractivity contribution >= 4 is 15.7 Å². The highest BCUT2D eigenvalue weighted by atomic mass is 32.2. The molecule has 0 aliphatic rings. The van der Waals surface area contributed by atoms with E-state index in [1.54, 1.807) is 26.0 Å². The summed E-state index contributed by atoms with van der Waals surface area (Å²) in [5, 5.41) is 23.1. The van der Waals surface area contributed by atoms with Gasteiger partial charge >= 0.3 is 0 Å². The van der Waals surface area contributed by atoms with Gasteiger partial charge < -0.3 is 0 Å². The molecule has 2 rings (SSSR count). The fourth-order valence-electron chi connectivity index (χ4n) is 1.97. The molecule has 10 heteroatoms. The van der Waals surface area contributed by atoms with Crippen molar-refractivity contribution in [2.24, 2.45) is 5.14 Å². The lowest BCUT2D eigenvalue weighted by Gasteiger charge is -2.07. The molecule has 112 valence electrons. The van der Waals surface area contributed by atoms with Crippen LogP contribution in [0.2, 0.25) is 0 Å². The van der Waals surface area contributed by atoms with Crippen LogP contribution in [0.5, 0.6) is 0 Å². The molecular formula is C11H13N5O4S. The van der Waals surface area contributed by atoms with Crippen molar-refractivity contribution in [1.29, 1.82) is 0 Å². The number of nitrogens with two attached hydrogens (primary N) is 1. The number of nitro groups is 1. The Morgan fingerprint density at radius 3 is 2.57 bits per heavy atom. The van der Waals surface area contributed by atoms with Crippen LogP contribution in [-0.4, -0.2) is 28.1 Å². The van der Waals surface area contributed by atoms with Crippen molar-refractivity contribution in [2.45, 2.75) is 25.5 Å². The fraction of sp³-hybridized carbons (Fsp3) is 0.273. The zero-order valence-electron chi connectivity index (χ0n) is 11.3. The Morgan fingerprint density at radius 2 is 2.05 bits per heavy atom. The summed E-state index contributed by atoms with van der Waals surface area (Å²) in [4.78, 5) is 10.6. The van der Waals surface area contributed by atoms with Crippen LogP contribution in [0.15, 0.2) is 23.4 Å². The first-order valence-corrected chi connectivity index (χ1v) is 7.51. The first kappa shape index (κ1) is 15.1. The van der Waals surface area contributed by atoms with Gasteiger partial charge in [0.15, 0.2) is 5.82 Å². The van der Waals surface area contributed by atoms with Crippen molar-refractivity contribution in [1.82, 2.24) is 14.8 Å². The van der Waals surface area contributed by atoms with Gasteiger partial charge in [-0.3, -0.25) is 14.7 Å². The van der Waals surface area contributed by atoms with E-state index in [0.717, 1.165) is 5.56 Å². The largest absolute Gasteiger partial charge is 0.297 e. The lowest BCUT2D eigenvalue weighted by atomic mass is 10.1. The molecule has 0 unspecified atom stereocenters. The molecule has 0 amide bonds. The van der Waals surface area contributed by atoms with E-state index in [1.807, 2.05) is 0 Å². The molecule has 2 aromatic rings. The second kappa shape index (κ2) is 5.22. The number of primary sulfonamides is 1. The molecule has 0 fully saturated rings. The number of aryl methyl sites for hydroxylation is 1. The predicted octanol–water partition coefficient (Wildman–Crippen LogP) is 0.829. The van der Waals surface area contributed by atoms with Crippen LogP contribution in [0.3, 0.4) is 0 Å². The first-order chi connectivity index (χ1) is 9.75. The summed E-state index contributed by atoms with van der Waals surface area (Å²) in [7, 11) is -4.06. The van der Waals surface area contributed by atoms with Crippen LogP contribution >= 0.6 is 0 Å². The van der Waals surface area contributed by atoms with Crippen molar-refractivity contribution < 1.29 is 13.3 Å². The maximum absolute atomic E-state index is 11.5. The topological polar surface area (TPSA) is 134 Å². The molecule has 0 atom stereocenters. The highest BCUT2D eigenvalue weighted by Crippen LogP contribution is 2.30. The second-order valence-electron chi connectivity index (χ2n) is 4.37. The van der Waals surface area contributed by atoms with Crippen molar-refractivity contribution in [3.8, 4) is 11.4 Å². The Morgan fingerprint density at radius 1 is 1.38 bits per heavy atom. The third kappa shape index (κ3) is 2.76. The minimum Gasteiger partial charge on any atom is -0.297 e. The van der Waals surface area contributed by atoms with Gasteiger partial charge in [0.05, 0.1) is 10.5 Å². The standard InChI is InChI=1S/C11H13N5O4S/c1-3-15-10(13-14-11(15)21(12,19)20)8-6-7(2)4-5-9(8)16(17)18/h4-6H,3H2,1-2H3,(H2,12,19,20). The summed E-state index contributed by atoms with van der Waals surface area (Å²) in [6.45, 7) is 3.64. The summed E-state index contributed by atoms with van der Waals surface area (Å²) >= 11 is 0. The normalized spacial score (nSPS) is 11.6. The highest BCUT2D eigenvalue weighted by molar-refractivity contribution is 7.89. The van der Waals surface area contributed by atoms with Gasteiger partial charge in [0, 0.05) is 12.6 Å². The molecule has 0 aliphatic heterocycles. The number of hydrogen-bond acceptors (Lipinski definition) is 6. The summed E-state index contributed by atoms with van der Waals surface area (Å²) < 4.78 is 24.2. The highest BCUT2D eigenvalue weighted by Gasteiger charge is 2.25. The van der Waals surface area contributed by atoms with E-state index in [1.165, 1.54) is 10.6 Å². The van der Waals surface area contributed by atoms with Crippen LogP contribution in [-0.2, 0) is 16.6 Å². The minimum atomic E-state index is -4.06. The molecule has 1 heterocycles. The minimum absolute atomic E-state index is 0.0944. The zero-order valence-corrected chi connectivity index (χ0v) is 12.2. The first-order valence-electron chi connectivity index (χ1n) is 5.97. The molecule has 1 aromatic carbocycles. The van der Waals surface area contributed by atoms with E-state index < -0.39 is 20.1 Å². The zero-order chi connectivity index (χ0) is 15.8. The van der Waals surface area contributed by atoms with E-state index in [4.69, 9.17) is 5.14 Å². The van der Waals surface area contributed by atoms with E-state index in [0.29, 0.717) is 0 Å². The summed E-state index contributed by atoms with van der Waals surface area (Å²) in [6.07, 6.45) is 0. The Hall–Kier alpha value is -2.33. The molecule has 2 N–H and O–H groups in total. The molecule has 0 saturated heterocycles. The summed E-state index contributed by atoms with van der Waals surface area (Å²) in [5.41, 5.74) is 0.798. The van der Waals surface area contributed by atoms with Gasteiger partial charge in [0.2, 0.25) is 0 Å². The maximum Gasteiger partial charge on any atom is 0.280 e. The Labute approximate surface area is 120 Å². The van der Waals surface area contributed by atoms with Gasteiger partial charge in [-0.1, -0.05) is 6.07 Å². The van der Waals surface area contributed by atoms with Crippen LogP contribution in [0.4, 0.5) is 5.69 Å². The SMILES string of the molecule is CCn1c(-c2cc(C)ccc2[N+](=O)[O-])nnc1S(N)(=O)=O.